The maximum Gasteiger partial charge on any atom is 0.0958 e. The Hall–Kier alpha value is -2.24. The molecular weight excluding hydrogens is 360 g/mol. The molecule has 3 rings (SSSR count). The number of likely N-dealkylation sites (N-methyl/N-ethyl adjacent to an activating group) is 2. The van der Waals surface area contributed by atoms with Gasteiger partial charge in [-0.15, -0.1) is 0 Å². The largest absolute Gasteiger partial charge is 0.392 e. The van der Waals surface area contributed by atoms with Crippen molar-refractivity contribution in [2.75, 3.05) is 34.8 Å². The zero-order valence-corrected chi connectivity index (χ0v) is 18.1. The molecule has 0 amide bonds. The summed E-state index contributed by atoms with van der Waals surface area (Å²) in [6.45, 7) is 1.49. The van der Waals surface area contributed by atoms with Crippen LogP contribution in [0.15, 0.2) is 84.5 Å². The van der Waals surface area contributed by atoms with Gasteiger partial charge in [-0.3, -0.25) is 9.80 Å². The summed E-state index contributed by atoms with van der Waals surface area (Å²) in [7, 11) is 8.29. The highest BCUT2D eigenvalue weighted by Gasteiger charge is 2.32. The van der Waals surface area contributed by atoms with Crippen molar-refractivity contribution in [3.8, 4) is 0 Å². The topological polar surface area (TPSA) is 35.9 Å². The predicted molar refractivity (Wildman–Crippen MR) is 120 cm³/mol. The van der Waals surface area contributed by atoms with Gasteiger partial charge in [0.2, 0.25) is 0 Å². The number of hydrogen-bond acceptors (Lipinski definition) is 4. The van der Waals surface area contributed by atoms with Crippen LogP contribution in [0.4, 0.5) is 0 Å². The third-order valence-corrected chi connectivity index (χ3v) is 5.18. The second kappa shape index (κ2) is 11.7. The summed E-state index contributed by atoms with van der Waals surface area (Å²) in [5.74, 6) is 0. The molecule has 0 spiro atoms. The lowest BCUT2D eigenvalue weighted by Gasteiger charge is -2.44. The summed E-state index contributed by atoms with van der Waals surface area (Å²) in [5.41, 5.74) is 3.39. The van der Waals surface area contributed by atoms with Crippen molar-refractivity contribution in [2.24, 2.45) is 0 Å². The molecule has 4 heteroatoms. The molecular formula is C25H34N2O2. The van der Waals surface area contributed by atoms with Crippen LogP contribution >= 0.6 is 0 Å². The van der Waals surface area contributed by atoms with Crippen LogP contribution < -0.4 is 0 Å². The van der Waals surface area contributed by atoms with Gasteiger partial charge in [0, 0.05) is 6.42 Å². The van der Waals surface area contributed by atoms with E-state index in [-0.39, 0.29) is 12.3 Å². The van der Waals surface area contributed by atoms with Crippen LogP contribution in [0.2, 0.25) is 0 Å². The first-order valence-corrected chi connectivity index (χ1v) is 9.97. The predicted octanol–water partition coefficient (Wildman–Crippen LogP) is 4.09. The van der Waals surface area contributed by atoms with Gasteiger partial charge in [0.05, 0.1) is 25.5 Å². The smallest absolute Gasteiger partial charge is 0.0958 e. The average molecular weight is 395 g/mol. The van der Waals surface area contributed by atoms with Crippen molar-refractivity contribution in [1.82, 2.24) is 9.80 Å². The first-order valence-electron chi connectivity index (χ1n) is 9.97. The molecule has 156 valence electrons. The number of nitrogens with zero attached hydrogens (tertiary/aromatic N) is 2. The van der Waals surface area contributed by atoms with E-state index in [1.165, 1.54) is 11.1 Å². The lowest BCUT2D eigenvalue weighted by atomic mass is 9.95. The fraction of sp³-hybridized carbons (Fsp3) is 0.360. The summed E-state index contributed by atoms with van der Waals surface area (Å²) < 4.78 is 5.61. The molecule has 0 unspecified atom stereocenters. The molecule has 2 aromatic carbocycles. The molecule has 0 fully saturated rings. The van der Waals surface area contributed by atoms with Gasteiger partial charge >= 0.3 is 0 Å². The monoisotopic (exact) mass is 394 g/mol. The third-order valence-electron chi connectivity index (χ3n) is 5.18. The molecule has 4 nitrogen and oxygen atoms in total. The van der Waals surface area contributed by atoms with Crippen LogP contribution in [0.25, 0.3) is 0 Å². The normalized spacial score (nSPS) is 15.1. The number of benzene rings is 2. The molecule has 0 aliphatic heterocycles. The molecule has 0 saturated heterocycles. The second-order valence-electron chi connectivity index (χ2n) is 7.61. The zero-order valence-electron chi connectivity index (χ0n) is 18.1. The molecule has 0 aromatic heterocycles. The highest BCUT2D eigenvalue weighted by molar-refractivity contribution is 5.29. The molecule has 0 heterocycles. The Morgan fingerprint density at radius 1 is 0.828 bits per heavy atom. The van der Waals surface area contributed by atoms with Crippen LogP contribution in [0.3, 0.4) is 0 Å². The van der Waals surface area contributed by atoms with Gasteiger partial charge in [-0.25, -0.2) is 0 Å². The third kappa shape index (κ3) is 6.94. The van der Waals surface area contributed by atoms with Crippen LogP contribution in [0, 0.1) is 0 Å². The molecule has 29 heavy (non-hydrogen) atoms. The second-order valence-corrected chi connectivity index (χ2v) is 7.61. The van der Waals surface area contributed by atoms with Gasteiger partial charge in [0.25, 0.3) is 0 Å². The summed E-state index contributed by atoms with van der Waals surface area (Å²) in [6, 6.07) is 20.4. The van der Waals surface area contributed by atoms with Crippen molar-refractivity contribution in [3.63, 3.8) is 0 Å². The van der Waals surface area contributed by atoms with Gasteiger partial charge in [0.1, 0.15) is 0 Å². The van der Waals surface area contributed by atoms with E-state index in [4.69, 9.17) is 9.84 Å². The lowest BCUT2D eigenvalue weighted by molar-refractivity contribution is 0.0514. The maximum absolute atomic E-state index is 8.99. The Kier molecular flexibility index (Phi) is 9.29. The van der Waals surface area contributed by atoms with Crippen LogP contribution in [0.5, 0.6) is 0 Å². The van der Waals surface area contributed by atoms with Crippen molar-refractivity contribution in [1.29, 1.82) is 0 Å². The summed E-state index contributed by atoms with van der Waals surface area (Å²) >= 11 is 0. The highest BCUT2D eigenvalue weighted by Crippen LogP contribution is 2.27. The van der Waals surface area contributed by atoms with E-state index in [0.717, 1.165) is 12.0 Å². The molecule has 1 aliphatic rings. The lowest BCUT2D eigenvalue weighted by Crippen LogP contribution is -2.54. The fourth-order valence-electron chi connectivity index (χ4n) is 3.27. The SMILES string of the molecule is CN(C)C1(N(C)C)C=CC(CO)=CC1.c1ccc(COCc2ccccc2)cc1. The summed E-state index contributed by atoms with van der Waals surface area (Å²) in [6.07, 6.45) is 7.17. The minimum absolute atomic E-state index is 0.0430. The molecule has 2 aromatic rings. The minimum atomic E-state index is -0.0430. The molecule has 1 N–H and O–H groups in total. The summed E-state index contributed by atoms with van der Waals surface area (Å²) in [4.78, 5) is 4.38. The number of aliphatic hydroxyl groups excluding tert-OH is 1. The van der Waals surface area contributed by atoms with Gasteiger partial charge in [0.15, 0.2) is 0 Å². The van der Waals surface area contributed by atoms with Crippen LogP contribution in [0.1, 0.15) is 17.5 Å². The quantitative estimate of drug-likeness (QED) is 0.718. The van der Waals surface area contributed by atoms with E-state index in [2.05, 4.69) is 74.4 Å². The van der Waals surface area contributed by atoms with Gasteiger partial charge < -0.3 is 9.84 Å². The van der Waals surface area contributed by atoms with Crippen molar-refractivity contribution >= 4 is 0 Å². The van der Waals surface area contributed by atoms with Gasteiger partial charge in [-0.05, 0) is 51.0 Å². The fourth-order valence-corrected chi connectivity index (χ4v) is 3.27. The first kappa shape index (κ1) is 23.0. The van der Waals surface area contributed by atoms with Crippen molar-refractivity contribution in [3.05, 3.63) is 95.6 Å². The van der Waals surface area contributed by atoms with E-state index in [0.29, 0.717) is 13.2 Å². The number of hydrogen-bond donors (Lipinski definition) is 1. The molecule has 1 aliphatic carbocycles. The van der Waals surface area contributed by atoms with Crippen LogP contribution in [-0.2, 0) is 18.0 Å². The van der Waals surface area contributed by atoms with Gasteiger partial charge in [-0.1, -0.05) is 72.8 Å². The number of ether oxygens (including phenoxy) is 1. The van der Waals surface area contributed by atoms with E-state index in [9.17, 15) is 0 Å². The van der Waals surface area contributed by atoms with Crippen LogP contribution in [-0.4, -0.2) is 55.4 Å². The minimum Gasteiger partial charge on any atom is -0.392 e. The Bertz CT molecular complexity index is 720. The molecule has 0 saturated carbocycles. The van der Waals surface area contributed by atoms with E-state index in [1.54, 1.807) is 0 Å². The zero-order chi connectivity index (χ0) is 21.1. The molecule has 0 atom stereocenters. The summed E-state index contributed by atoms with van der Waals surface area (Å²) in [5, 5.41) is 8.99. The Labute approximate surface area is 175 Å². The van der Waals surface area contributed by atoms with E-state index < -0.39 is 0 Å². The Morgan fingerprint density at radius 3 is 1.66 bits per heavy atom. The molecule has 0 bridgehead atoms. The van der Waals surface area contributed by atoms with Gasteiger partial charge in [-0.2, -0.15) is 0 Å². The van der Waals surface area contributed by atoms with Crippen molar-refractivity contribution in [2.45, 2.75) is 25.3 Å². The maximum atomic E-state index is 8.99. The number of rotatable bonds is 7. The average Bonchev–Trinajstić information content (AvgIpc) is 2.75. The molecule has 0 radical (unpaired) electrons. The van der Waals surface area contributed by atoms with E-state index >= 15 is 0 Å². The number of aliphatic hydroxyl groups is 1. The van der Waals surface area contributed by atoms with E-state index in [1.807, 2.05) is 42.5 Å². The van der Waals surface area contributed by atoms with Crippen molar-refractivity contribution < 1.29 is 9.84 Å². The Balaban J connectivity index is 0.000000208. The standard InChI is InChI=1S/C14H14O.C11H20N2O/c1-3-7-13(8-4-1)11-15-12-14-9-5-2-6-10-14;1-12(2)11(13(3)4)7-5-10(9-14)6-8-11/h1-10H,11-12H2;5-7,14H,8-9H2,1-4H3. The first-order chi connectivity index (χ1) is 14.0. The highest BCUT2D eigenvalue weighted by atomic mass is 16.5. The Morgan fingerprint density at radius 2 is 1.31 bits per heavy atom.